The maximum absolute atomic E-state index is 10.9. The van der Waals surface area contributed by atoms with Gasteiger partial charge in [-0.3, -0.25) is 0 Å². The minimum atomic E-state index is -0.943. The fourth-order valence-electron chi connectivity index (χ4n) is 3.64. The molecule has 2 heterocycles. The van der Waals surface area contributed by atoms with Gasteiger partial charge in [0.05, 0.1) is 12.6 Å². The summed E-state index contributed by atoms with van der Waals surface area (Å²) >= 11 is 7.06. The Morgan fingerprint density at radius 2 is 1.83 bits per heavy atom. The molecule has 0 aliphatic carbocycles. The molecule has 4 rings (SSSR count). The molecule has 6 nitrogen and oxygen atoms in total. The van der Waals surface area contributed by atoms with Crippen LogP contribution in [0.15, 0.2) is 60.7 Å². The lowest BCUT2D eigenvalue weighted by Crippen LogP contribution is -2.66. The second kappa shape index (κ2) is 10.2. The molecule has 160 valence electrons. The Labute approximate surface area is 185 Å². The fourth-order valence-corrected chi connectivity index (χ4v) is 4.67. The molecule has 0 radical (unpaired) electrons. The number of nitrogens with one attached hydrogen (secondary N) is 1. The van der Waals surface area contributed by atoms with Gasteiger partial charge in [-0.25, -0.2) is 0 Å². The van der Waals surface area contributed by atoms with Crippen molar-refractivity contribution in [2.45, 2.75) is 42.7 Å². The number of ether oxygens (including phenoxy) is 4. The highest BCUT2D eigenvalue weighted by atomic mass is 32.2. The lowest BCUT2D eigenvalue weighted by atomic mass is 9.95. The Balaban J connectivity index is 1.45. The number of aliphatic hydroxyl groups is 1. The molecule has 0 unspecified atom stereocenters. The summed E-state index contributed by atoms with van der Waals surface area (Å²) in [6.07, 6.45) is -3.08. The van der Waals surface area contributed by atoms with Gasteiger partial charge in [0.1, 0.15) is 22.6 Å². The van der Waals surface area contributed by atoms with Gasteiger partial charge in [0, 0.05) is 18.4 Å². The third-order valence-electron chi connectivity index (χ3n) is 5.17. The van der Waals surface area contributed by atoms with Crippen molar-refractivity contribution >= 4 is 28.3 Å². The molecular weight excluding hydrogens is 422 g/mol. The van der Waals surface area contributed by atoms with Crippen LogP contribution in [0, 0.1) is 0 Å². The van der Waals surface area contributed by atoms with E-state index in [1.165, 1.54) is 24.4 Å². The quantitative estimate of drug-likeness (QED) is 0.678. The molecule has 6 atom stereocenters. The van der Waals surface area contributed by atoms with E-state index in [1.54, 1.807) is 0 Å². The lowest BCUT2D eigenvalue weighted by Gasteiger charge is -2.48. The molecule has 2 fully saturated rings. The van der Waals surface area contributed by atoms with E-state index in [4.69, 9.17) is 31.2 Å². The first-order valence-electron chi connectivity index (χ1n) is 9.81. The van der Waals surface area contributed by atoms with Gasteiger partial charge < -0.3 is 29.4 Å². The van der Waals surface area contributed by atoms with Crippen LogP contribution >= 0.6 is 24.0 Å². The van der Waals surface area contributed by atoms with Crippen LogP contribution in [0.25, 0.3) is 0 Å². The zero-order valence-electron chi connectivity index (χ0n) is 16.5. The highest BCUT2D eigenvalue weighted by Crippen LogP contribution is 2.34. The third-order valence-corrected chi connectivity index (χ3v) is 6.50. The van der Waals surface area contributed by atoms with Gasteiger partial charge in [-0.15, -0.1) is 0 Å². The van der Waals surface area contributed by atoms with E-state index in [-0.39, 0.29) is 6.10 Å². The number of thioether (sulfide) groups is 1. The lowest BCUT2D eigenvalue weighted by molar-refractivity contribution is -0.339. The number of thiocarbonyl (C=S) groups is 1. The molecule has 2 aliphatic rings. The highest BCUT2D eigenvalue weighted by molar-refractivity contribution is 8.22. The average Bonchev–Trinajstić information content (AvgIpc) is 2.80. The SMILES string of the molecule is CO[C@@H]1O[C@H]2CO[C@H](c3ccccc3)O[C@@H]2[C@@H](NC(=S)SCc2ccccc2)[C@H]1O. The van der Waals surface area contributed by atoms with Crippen LogP contribution in [0.5, 0.6) is 0 Å². The summed E-state index contributed by atoms with van der Waals surface area (Å²) in [5, 5.41) is 14.1. The maximum atomic E-state index is 10.9. The summed E-state index contributed by atoms with van der Waals surface area (Å²) in [6, 6.07) is 19.3. The van der Waals surface area contributed by atoms with E-state index in [0.29, 0.717) is 10.9 Å². The van der Waals surface area contributed by atoms with Crippen molar-refractivity contribution in [1.29, 1.82) is 0 Å². The van der Waals surface area contributed by atoms with Crippen LogP contribution in [0.1, 0.15) is 17.4 Å². The van der Waals surface area contributed by atoms with Gasteiger partial charge in [0.2, 0.25) is 0 Å². The van der Waals surface area contributed by atoms with E-state index < -0.39 is 30.8 Å². The van der Waals surface area contributed by atoms with Crippen LogP contribution < -0.4 is 5.32 Å². The minimum Gasteiger partial charge on any atom is -0.386 e. The Morgan fingerprint density at radius 3 is 2.53 bits per heavy atom. The summed E-state index contributed by atoms with van der Waals surface area (Å²) in [5.41, 5.74) is 2.09. The summed E-state index contributed by atoms with van der Waals surface area (Å²) in [6.45, 7) is 0.332. The van der Waals surface area contributed by atoms with Crippen molar-refractivity contribution in [3.63, 3.8) is 0 Å². The predicted octanol–water partition coefficient (Wildman–Crippen LogP) is 3.01. The average molecular weight is 448 g/mol. The Morgan fingerprint density at radius 1 is 1.13 bits per heavy atom. The molecule has 2 aliphatic heterocycles. The molecule has 0 spiro atoms. The number of benzene rings is 2. The van der Waals surface area contributed by atoms with Crippen molar-refractivity contribution in [2.75, 3.05) is 13.7 Å². The Hall–Kier alpha value is -1.52. The Kier molecular flexibility index (Phi) is 7.37. The highest BCUT2D eigenvalue weighted by Gasteiger charge is 2.50. The summed E-state index contributed by atoms with van der Waals surface area (Å²) in [7, 11) is 1.51. The normalized spacial score (nSPS) is 31.0. The summed E-state index contributed by atoms with van der Waals surface area (Å²) in [5.74, 6) is 0.740. The van der Waals surface area contributed by atoms with E-state index in [1.807, 2.05) is 48.5 Å². The first-order chi connectivity index (χ1) is 14.7. The maximum Gasteiger partial charge on any atom is 0.185 e. The second-order valence-electron chi connectivity index (χ2n) is 7.18. The van der Waals surface area contributed by atoms with E-state index in [9.17, 15) is 5.11 Å². The standard InChI is InChI=1S/C22H25NO5S2/c1-25-21-18(24)17(23-22(29)30-13-14-8-4-2-5-9-14)19-16(27-21)12-26-20(28-19)15-10-6-3-7-11-15/h2-11,16-21,24H,12-13H2,1H3,(H,23,29)/t16-,17-,18+,19-,20-,21+/m0/s1. The number of rotatable bonds is 5. The molecular formula is C22H25NO5S2. The van der Waals surface area contributed by atoms with Crippen LogP contribution in [0.3, 0.4) is 0 Å². The van der Waals surface area contributed by atoms with E-state index >= 15 is 0 Å². The molecule has 2 N–H and O–H groups in total. The molecule has 2 saturated heterocycles. The van der Waals surface area contributed by atoms with E-state index in [0.717, 1.165) is 11.3 Å². The van der Waals surface area contributed by atoms with Crippen molar-refractivity contribution in [2.24, 2.45) is 0 Å². The van der Waals surface area contributed by atoms with Crippen LogP contribution in [0.2, 0.25) is 0 Å². The number of hydrogen-bond donors (Lipinski definition) is 2. The van der Waals surface area contributed by atoms with Gasteiger partial charge in [0.25, 0.3) is 0 Å². The number of methoxy groups -OCH3 is 1. The van der Waals surface area contributed by atoms with Gasteiger partial charge >= 0.3 is 0 Å². The topological polar surface area (TPSA) is 69.2 Å². The molecule has 30 heavy (non-hydrogen) atoms. The summed E-state index contributed by atoms with van der Waals surface area (Å²) in [4.78, 5) is 0. The minimum absolute atomic E-state index is 0.332. The monoisotopic (exact) mass is 447 g/mol. The fraction of sp³-hybridized carbons (Fsp3) is 0.409. The predicted molar refractivity (Wildman–Crippen MR) is 119 cm³/mol. The molecule has 2 aromatic rings. The number of fused-ring (bicyclic) bond motifs is 1. The van der Waals surface area contributed by atoms with Crippen molar-refractivity contribution < 1.29 is 24.1 Å². The zero-order chi connectivity index (χ0) is 20.9. The van der Waals surface area contributed by atoms with Crippen molar-refractivity contribution in [1.82, 2.24) is 5.32 Å². The first-order valence-corrected chi connectivity index (χ1v) is 11.2. The first kappa shape index (κ1) is 21.7. The van der Waals surface area contributed by atoms with Crippen LogP contribution in [-0.4, -0.2) is 53.8 Å². The largest absolute Gasteiger partial charge is 0.386 e. The zero-order valence-corrected chi connectivity index (χ0v) is 18.2. The molecule has 8 heteroatoms. The van der Waals surface area contributed by atoms with Crippen molar-refractivity contribution in [3.8, 4) is 0 Å². The van der Waals surface area contributed by atoms with Crippen molar-refractivity contribution in [3.05, 3.63) is 71.8 Å². The van der Waals surface area contributed by atoms with Crippen LogP contribution in [0.4, 0.5) is 0 Å². The molecule has 0 amide bonds. The van der Waals surface area contributed by atoms with Gasteiger partial charge in [-0.1, -0.05) is 84.6 Å². The number of hydrogen-bond acceptors (Lipinski definition) is 7. The molecule has 0 bridgehead atoms. The second-order valence-corrected chi connectivity index (χ2v) is 8.83. The molecule has 2 aromatic carbocycles. The Bertz CT molecular complexity index is 825. The molecule has 0 aromatic heterocycles. The smallest absolute Gasteiger partial charge is 0.185 e. The molecule has 0 saturated carbocycles. The number of aliphatic hydroxyl groups excluding tert-OH is 1. The van der Waals surface area contributed by atoms with Crippen LogP contribution in [-0.2, 0) is 24.7 Å². The van der Waals surface area contributed by atoms with E-state index in [2.05, 4.69) is 17.4 Å². The van der Waals surface area contributed by atoms with Gasteiger partial charge in [-0.2, -0.15) is 0 Å². The third kappa shape index (κ3) is 5.03. The van der Waals surface area contributed by atoms with Gasteiger partial charge in [-0.05, 0) is 5.56 Å². The summed E-state index contributed by atoms with van der Waals surface area (Å²) < 4.78 is 23.9. The van der Waals surface area contributed by atoms with Gasteiger partial charge in [0.15, 0.2) is 12.6 Å².